The molecule has 0 aliphatic carbocycles. The summed E-state index contributed by atoms with van der Waals surface area (Å²) < 4.78 is 5.47. The number of carboxylic acid groups (broad SMARTS) is 1. The average Bonchev–Trinajstić information content (AvgIpc) is 2.46. The Labute approximate surface area is 109 Å². The second-order valence-corrected chi connectivity index (χ2v) is 3.77. The highest BCUT2D eigenvalue weighted by Crippen LogP contribution is 2.14. The molecule has 0 saturated heterocycles. The van der Waals surface area contributed by atoms with Crippen LogP contribution in [-0.2, 0) is 6.61 Å². The number of carbonyl (C=O) groups is 1. The van der Waals surface area contributed by atoms with Gasteiger partial charge in [0, 0.05) is 6.20 Å². The highest BCUT2D eigenvalue weighted by atomic mass is 16.5. The number of hydrogen-bond acceptors (Lipinski definition) is 4. The topological polar surface area (TPSA) is 83.2 Å². The van der Waals surface area contributed by atoms with E-state index in [0.717, 1.165) is 0 Å². The first-order valence-corrected chi connectivity index (χ1v) is 5.50. The summed E-state index contributed by atoms with van der Waals surface area (Å²) in [6, 6.07) is 11.9. The molecular weight excluding hydrogens is 244 g/mol. The predicted octanol–water partition coefficient (Wildman–Crippen LogP) is 2.23. The maximum absolute atomic E-state index is 10.7. The van der Waals surface area contributed by atoms with Gasteiger partial charge in [-0.3, -0.25) is 4.98 Å². The minimum absolute atomic E-state index is 0.134. The van der Waals surface area contributed by atoms with Crippen molar-refractivity contribution in [3.63, 3.8) is 0 Å². The van der Waals surface area contributed by atoms with Crippen LogP contribution in [0.2, 0.25) is 0 Å². The predicted molar refractivity (Wildman–Crippen MR) is 66.7 cm³/mol. The molecular formula is C14H10N2O3. The number of aromatic carboxylic acids is 1. The Morgan fingerprint density at radius 2 is 2.21 bits per heavy atom. The molecule has 94 valence electrons. The van der Waals surface area contributed by atoms with Gasteiger partial charge in [0.2, 0.25) is 0 Å². The Morgan fingerprint density at radius 1 is 1.37 bits per heavy atom. The van der Waals surface area contributed by atoms with Crippen LogP contribution in [0.25, 0.3) is 0 Å². The molecule has 0 spiro atoms. The van der Waals surface area contributed by atoms with Crippen LogP contribution in [0.4, 0.5) is 0 Å². The lowest BCUT2D eigenvalue weighted by Gasteiger charge is -2.05. The summed E-state index contributed by atoms with van der Waals surface area (Å²) in [5.41, 5.74) is 1.27. The van der Waals surface area contributed by atoms with E-state index in [-0.39, 0.29) is 12.2 Å². The van der Waals surface area contributed by atoms with E-state index in [1.165, 1.54) is 12.3 Å². The summed E-state index contributed by atoms with van der Waals surface area (Å²) in [7, 11) is 0. The van der Waals surface area contributed by atoms with Crippen molar-refractivity contribution in [1.29, 1.82) is 5.26 Å². The Morgan fingerprint density at radius 3 is 2.84 bits per heavy atom. The lowest BCUT2D eigenvalue weighted by molar-refractivity contribution is 0.0696. The quantitative estimate of drug-likeness (QED) is 0.904. The van der Waals surface area contributed by atoms with E-state index in [4.69, 9.17) is 15.1 Å². The van der Waals surface area contributed by atoms with E-state index in [2.05, 4.69) is 4.98 Å². The van der Waals surface area contributed by atoms with Gasteiger partial charge in [-0.05, 0) is 30.3 Å². The van der Waals surface area contributed by atoms with Gasteiger partial charge >= 0.3 is 5.97 Å². The number of nitrogens with zero attached hydrogens (tertiary/aromatic N) is 2. The zero-order valence-electron chi connectivity index (χ0n) is 9.91. The second kappa shape index (κ2) is 5.65. The van der Waals surface area contributed by atoms with E-state index in [0.29, 0.717) is 17.0 Å². The number of pyridine rings is 1. The summed E-state index contributed by atoms with van der Waals surface area (Å²) in [6.45, 7) is 0.217. The van der Waals surface area contributed by atoms with E-state index in [9.17, 15) is 4.79 Å². The highest BCUT2D eigenvalue weighted by molar-refractivity contribution is 5.87. The summed E-state index contributed by atoms with van der Waals surface area (Å²) in [6.07, 6.45) is 1.28. The molecule has 0 radical (unpaired) electrons. The molecule has 0 atom stereocenters. The first-order chi connectivity index (χ1) is 9.19. The number of benzene rings is 1. The maximum atomic E-state index is 10.7. The molecule has 0 aliphatic heterocycles. The van der Waals surface area contributed by atoms with Gasteiger partial charge in [-0.2, -0.15) is 5.26 Å². The highest BCUT2D eigenvalue weighted by Gasteiger charge is 2.03. The molecule has 1 aromatic heterocycles. The van der Waals surface area contributed by atoms with E-state index in [1.54, 1.807) is 30.3 Å². The lowest BCUT2D eigenvalue weighted by Crippen LogP contribution is -2.01. The zero-order valence-corrected chi connectivity index (χ0v) is 9.91. The first kappa shape index (κ1) is 12.6. The van der Waals surface area contributed by atoms with Crippen molar-refractivity contribution < 1.29 is 14.6 Å². The van der Waals surface area contributed by atoms with Crippen LogP contribution < -0.4 is 4.74 Å². The Bertz CT molecular complexity index is 630. The van der Waals surface area contributed by atoms with Crippen molar-refractivity contribution in [3.05, 3.63) is 59.4 Å². The third kappa shape index (κ3) is 3.30. The van der Waals surface area contributed by atoms with Crippen LogP contribution in [0, 0.1) is 11.3 Å². The number of nitriles is 1. The number of rotatable bonds is 4. The van der Waals surface area contributed by atoms with Gasteiger partial charge in [-0.15, -0.1) is 0 Å². The van der Waals surface area contributed by atoms with E-state index >= 15 is 0 Å². The van der Waals surface area contributed by atoms with Crippen molar-refractivity contribution in [3.8, 4) is 11.8 Å². The fourth-order valence-electron chi connectivity index (χ4n) is 1.45. The lowest BCUT2D eigenvalue weighted by atomic mass is 10.2. The Hall–Kier alpha value is -2.87. The molecule has 1 aromatic carbocycles. The van der Waals surface area contributed by atoms with Crippen LogP contribution in [0.1, 0.15) is 21.6 Å². The SMILES string of the molecule is N#Cc1cccc(OCc2ccc(C(=O)O)cn2)c1. The molecule has 0 unspecified atom stereocenters. The molecule has 0 amide bonds. The van der Waals surface area contributed by atoms with Crippen LogP contribution in [0.3, 0.4) is 0 Å². The largest absolute Gasteiger partial charge is 0.487 e. The normalized spacial score (nSPS) is 9.63. The smallest absolute Gasteiger partial charge is 0.337 e. The van der Waals surface area contributed by atoms with Crippen molar-refractivity contribution in [1.82, 2.24) is 4.98 Å². The fourth-order valence-corrected chi connectivity index (χ4v) is 1.45. The van der Waals surface area contributed by atoms with Crippen LogP contribution >= 0.6 is 0 Å². The standard InChI is InChI=1S/C14H10N2O3/c15-7-10-2-1-3-13(6-10)19-9-12-5-4-11(8-16-12)14(17)18/h1-6,8H,9H2,(H,17,18). The number of carboxylic acids is 1. The van der Waals surface area contributed by atoms with Gasteiger partial charge in [-0.25, -0.2) is 4.79 Å². The molecule has 0 aliphatic rings. The van der Waals surface area contributed by atoms with Gasteiger partial charge in [0.05, 0.1) is 22.9 Å². The molecule has 5 heteroatoms. The van der Waals surface area contributed by atoms with Gasteiger partial charge in [0.1, 0.15) is 12.4 Å². The van der Waals surface area contributed by atoms with Crippen molar-refractivity contribution in [2.24, 2.45) is 0 Å². The number of ether oxygens (including phenoxy) is 1. The van der Waals surface area contributed by atoms with Crippen molar-refractivity contribution in [2.75, 3.05) is 0 Å². The van der Waals surface area contributed by atoms with Crippen molar-refractivity contribution >= 4 is 5.97 Å². The molecule has 0 saturated carbocycles. The zero-order chi connectivity index (χ0) is 13.7. The third-order valence-corrected chi connectivity index (χ3v) is 2.42. The average molecular weight is 254 g/mol. The minimum Gasteiger partial charge on any atom is -0.487 e. The van der Waals surface area contributed by atoms with Crippen molar-refractivity contribution in [2.45, 2.75) is 6.61 Å². The first-order valence-electron chi connectivity index (χ1n) is 5.50. The third-order valence-electron chi connectivity index (χ3n) is 2.42. The molecule has 2 rings (SSSR count). The monoisotopic (exact) mass is 254 g/mol. The van der Waals surface area contributed by atoms with Crippen LogP contribution in [0.5, 0.6) is 5.75 Å². The molecule has 19 heavy (non-hydrogen) atoms. The number of aromatic nitrogens is 1. The van der Waals surface area contributed by atoms with Crippen LogP contribution in [-0.4, -0.2) is 16.1 Å². The maximum Gasteiger partial charge on any atom is 0.337 e. The second-order valence-electron chi connectivity index (χ2n) is 3.77. The summed E-state index contributed by atoms with van der Waals surface area (Å²) in [5, 5.41) is 17.5. The Balaban J connectivity index is 2.02. The van der Waals surface area contributed by atoms with E-state index < -0.39 is 5.97 Å². The number of hydrogen-bond donors (Lipinski definition) is 1. The van der Waals surface area contributed by atoms with Gasteiger partial charge < -0.3 is 9.84 Å². The Kier molecular flexibility index (Phi) is 3.74. The van der Waals surface area contributed by atoms with Gasteiger partial charge in [0.25, 0.3) is 0 Å². The molecule has 1 heterocycles. The fraction of sp³-hybridized carbons (Fsp3) is 0.0714. The summed E-state index contributed by atoms with van der Waals surface area (Å²) >= 11 is 0. The van der Waals surface area contributed by atoms with Crippen LogP contribution in [0.15, 0.2) is 42.6 Å². The van der Waals surface area contributed by atoms with E-state index in [1.807, 2.05) is 6.07 Å². The molecule has 1 N–H and O–H groups in total. The summed E-state index contributed by atoms with van der Waals surface area (Å²) in [5.74, 6) is -0.440. The molecule has 5 nitrogen and oxygen atoms in total. The molecule has 2 aromatic rings. The minimum atomic E-state index is -1.01. The summed E-state index contributed by atoms with van der Waals surface area (Å²) in [4.78, 5) is 14.6. The van der Waals surface area contributed by atoms with Gasteiger partial charge in [0.15, 0.2) is 0 Å². The molecule has 0 fully saturated rings. The van der Waals surface area contributed by atoms with Gasteiger partial charge in [-0.1, -0.05) is 6.07 Å². The molecule has 0 bridgehead atoms.